The second-order valence-corrected chi connectivity index (χ2v) is 6.27. The van der Waals surface area contributed by atoms with Crippen LogP contribution in [0, 0.1) is 0 Å². The van der Waals surface area contributed by atoms with Crippen molar-refractivity contribution in [2.45, 2.75) is 33.4 Å². The lowest BCUT2D eigenvalue weighted by Crippen LogP contribution is -2.14. The van der Waals surface area contributed by atoms with E-state index >= 15 is 0 Å². The Morgan fingerprint density at radius 1 is 1.41 bits per heavy atom. The first kappa shape index (κ1) is 14.1. The third-order valence-electron chi connectivity index (χ3n) is 2.40. The van der Waals surface area contributed by atoms with Crippen molar-refractivity contribution in [1.82, 2.24) is 20.1 Å². The first-order valence-electron chi connectivity index (χ1n) is 5.87. The van der Waals surface area contributed by atoms with Crippen molar-refractivity contribution in [3.05, 3.63) is 12.2 Å². The molecule has 0 amide bonds. The average Bonchev–Trinajstić information content (AvgIpc) is 2.74. The summed E-state index contributed by atoms with van der Waals surface area (Å²) in [7, 11) is -2.87. The number of nitrogens with one attached hydrogen (secondary N) is 1. The topological polar surface area (TPSA) is 76.9 Å². The molecule has 7 heteroatoms. The van der Waals surface area contributed by atoms with E-state index in [1.807, 2.05) is 6.92 Å². The lowest BCUT2D eigenvalue weighted by Gasteiger charge is -2.01. The van der Waals surface area contributed by atoms with E-state index in [0.29, 0.717) is 19.5 Å². The molecule has 1 aromatic rings. The summed E-state index contributed by atoms with van der Waals surface area (Å²) in [6.07, 6.45) is 2.23. The predicted molar refractivity (Wildman–Crippen MR) is 66.3 cm³/mol. The summed E-state index contributed by atoms with van der Waals surface area (Å²) in [6, 6.07) is 0. The maximum absolute atomic E-state index is 11.3. The van der Waals surface area contributed by atoms with Gasteiger partial charge in [-0.25, -0.2) is 13.4 Å². The van der Waals surface area contributed by atoms with Crippen molar-refractivity contribution >= 4 is 9.84 Å². The molecule has 98 valence electrons. The molecule has 1 N–H and O–H groups in total. The van der Waals surface area contributed by atoms with Crippen LogP contribution in [0.4, 0.5) is 0 Å². The molecule has 0 aliphatic rings. The van der Waals surface area contributed by atoms with Gasteiger partial charge in [-0.1, -0.05) is 13.8 Å². The lowest BCUT2D eigenvalue weighted by molar-refractivity contribution is 0.567. The molecule has 1 heterocycles. The van der Waals surface area contributed by atoms with Gasteiger partial charge in [-0.3, -0.25) is 4.68 Å². The van der Waals surface area contributed by atoms with Crippen LogP contribution in [0.5, 0.6) is 0 Å². The number of sulfone groups is 1. The molecular weight excluding hydrogens is 240 g/mol. The largest absolute Gasteiger partial charge is 0.310 e. The third kappa shape index (κ3) is 5.27. The number of rotatable bonds is 8. The highest BCUT2D eigenvalue weighted by molar-refractivity contribution is 7.91. The maximum Gasteiger partial charge on any atom is 0.164 e. The zero-order valence-corrected chi connectivity index (χ0v) is 11.2. The Kier molecular flexibility index (Phi) is 5.57. The van der Waals surface area contributed by atoms with Gasteiger partial charge < -0.3 is 5.32 Å². The van der Waals surface area contributed by atoms with Crippen LogP contribution in [0.3, 0.4) is 0 Å². The van der Waals surface area contributed by atoms with Gasteiger partial charge in [0.25, 0.3) is 0 Å². The van der Waals surface area contributed by atoms with E-state index in [9.17, 15) is 8.42 Å². The van der Waals surface area contributed by atoms with Gasteiger partial charge in [-0.15, -0.1) is 0 Å². The molecule has 0 spiro atoms. The van der Waals surface area contributed by atoms with Crippen LogP contribution < -0.4 is 5.32 Å². The number of hydrogen-bond acceptors (Lipinski definition) is 5. The van der Waals surface area contributed by atoms with Gasteiger partial charge in [0, 0.05) is 12.3 Å². The van der Waals surface area contributed by atoms with E-state index in [-0.39, 0.29) is 11.5 Å². The van der Waals surface area contributed by atoms with Crippen LogP contribution in [0.2, 0.25) is 0 Å². The third-order valence-corrected chi connectivity index (χ3v) is 4.19. The van der Waals surface area contributed by atoms with Crippen molar-refractivity contribution in [1.29, 1.82) is 0 Å². The molecule has 1 aromatic heterocycles. The SMILES string of the molecule is CCNCc1ncn(CCCS(=O)(=O)CC)n1. The normalized spacial score (nSPS) is 11.9. The number of aromatic nitrogens is 3. The summed E-state index contributed by atoms with van der Waals surface area (Å²) in [5, 5.41) is 7.37. The molecule has 0 radical (unpaired) electrons. The molecule has 0 atom stereocenters. The minimum Gasteiger partial charge on any atom is -0.310 e. The molecule has 0 fully saturated rings. The predicted octanol–water partition coefficient (Wildman–Crippen LogP) is 0.212. The molecule has 1 rings (SSSR count). The Morgan fingerprint density at radius 2 is 2.18 bits per heavy atom. The Labute approximate surface area is 102 Å². The quantitative estimate of drug-likeness (QED) is 0.723. The van der Waals surface area contributed by atoms with Crippen LogP contribution in [0.15, 0.2) is 6.33 Å². The number of aryl methyl sites for hydroxylation is 1. The van der Waals surface area contributed by atoms with Crippen LogP contribution in [0.25, 0.3) is 0 Å². The van der Waals surface area contributed by atoms with E-state index in [2.05, 4.69) is 15.4 Å². The fourth-order valence-electron chi connectivity index (χ4n) is 1.35. The molecule has 0 saturated carbocycles. The molecule has 0 aliphatic heterocycles. The average molecular weight is 260 g/mol. The summed E-state index contributed by atoms with van der Waals surface area (Å²) in [6.45, 7) is 5.81. The van der Waals surface area contributed by atoms with E-state index in [4.69, 9.17) is 0 Å². The van der Waals surface area contributed by atoms with Gasteiger partial charge >= 0.3 is 0 Å². The number of nitrogens with zero attached hydrogens (tertiary/aromatic N) is 3. The summed E-state index contributed by atoms with van der Waals surface area (Å²) in [5.74, 6) is 1.16. The van der Waals surface area contributed by atoms with Crippen molar-refractivity contribution < 1.29 is 8.42 Å². The molecule has 0 aromatic carbocycles. The van der Waals surface area contributed by atoms with Crippen LogP contribution in [-0.2, 0) is 22.9 Å². The summed E-state index contributed by atoms with van der Waals surface area (Å²) in [4.78, 5) is 4.13. The van der Waals surface area contributed by atoms with Crippen molar-refractivity contribution in [2.75, 3.05) is 18.1 Å². The van der Waals surface area contributed by atoms with Gasteiger partial charge in [-0.05, 0) is 13.0 Å². The van der Waals surface area contributed by atoms with Crippen LogP contribution in [0.1, 0.15) is 26.1 Å². The van der Waals surface area contributed by atoms with Crippen molar-refractivity contribution in [3.8, 4) is 0 Å². The lowest BCUT2D eigenvalue weighted by atomic mass is 10.5. The van der Waals surface area contributed by atoms with Gasteiger partial charge in [0.05, 0.1) is 12.3 Å². The summed E-state index contributed by atoms with van der Waals surface area (Å²) >= 11 is 0. The first-order valence-corrected chi connectivity index (χ1v) is 7.69. The van der Waals surface area contributed by atoms with Crippen LogP contribution in [-0.4, -0.2) is 41.2 Å². The summed E-state index contributed by atoms with van der Waals surface area (Å²) < 4.78 is 24.3. The maximum atomic E-state index is 11.3. The second kappa shape index (κ2) is 6.70. The first-order chi connectivity index (χ1) is 8.07. The molecule has 0 bridgehead atoms. The molecule has 0 saturated heterocycles. The molecule has 0 aliphatic carbocycles. The molecular formula is C10H20N4O2S. The zero-order chi connectivity index (χ0) is 12.7. The zero-order valence-electron chi connectivity index (χ0n) is 10.4. The minimum atomic E-state index is -2.87. The fourth-order valence-corrected chi connectivity index (χ4v) is 2.21. The van der Waals surface area contributed by atoms with E-state index in [0.717, 1.165) is 12.4 Å². The van der Waals surface area contributed by atoms with Crippen molar-refractivity contribution in [2.24, 2.45) is 0 Å². The Balaban J connectivity index is 2.35. The molecule has 0 unspecified atom stereocenters. The van der Waals surface area contributed by atoms with Gasteiger partial charge in [0.15, 0.2) is 5.82 Å². The van der Waals surface area contributed by atoms with Gasteiger partial charge in [0.1, 0.15) is 16.2 Å². The van der Waals surface area contributed by atoms with Gasteiger partial charge in [0.2, 0.25) is 0 Å². The Hall–Kier alpha value is -0.950. The highest BCUT2D eigenvalue weighted by Gasteiger charge is 2.07. The van der Waals surface area contributed by atoms with E-state index in [1.165, 1.54) is 0 Å². The summed E-state index contributed by atoms with van der Waals surface area (Å²) in [5.41, 5.74) is 0. The van der Waals surface area contributed by atoms with Gasteiger partial charge in [-0.2, -0.15) is 5.10 Å². The smallest absolute Gasteiger partial charge is 0.164 e. The Morgan fingerprint density at radius 3 is 2.82 bits per heavy atom. The molecule has 17 heavy (non-hydrogen) atoms. The second-order valence-electron chi connectivity index (χ2n) is 3.79. The highest BCUT2D eigenvalue weighted by atomic mass is 32.2. The highest BCUT2D eigenvalue weighted by Crippen LogP contribution is 1.97. The Bertz CT molecular complexity index is 427. The standard InChI is InChI=1S/C10H20N4O2S/c1-3-11-8-10-12-9-14(13-10)6-5-7-17(15,16)4-2/h9,11H,3-8H2,1-2H3. The monoisotopic (exact) mass is 260 g/mol. The minimum absolute atomic E-state index is 0.204. The number of hydrogen-bond donors (Lipinski definition) is 1. The van der Waals surface area contributed by atoms with E-state index < -0.39 is 9.84 Å². The molecule has 6 nitrogen and oxygen atoms in total. The van der Waals surface area contributed by atoms with E-state index in [1.54, 1.807) is 17.9 Å². The van der Waals surface area contributed by atoms with Crippen LogP contribution >= 0.6 is 0 Å². The van der Waals surface area contributed by atoms with Crippen molar-refractivity contribution in [3.63, 3.8) is 0 Å². The fraction of sp³-hybridized carbons (Fsp3) is 0.800.